The van der Waals surface area contributed by atoms with Gasteiger partial charge in [0.2, 0.25) is 5.91 Å². The van der Waals surface area contributed by atoms with Crippen LogP contribution in [0.3, 0.4) is 0 Å². The van der Waals surface area contributed by atoms with Crippen LogP contribution in [0.4, 0.5) is 11.4 Å². The number of benzene rings is 2. The molecule has 0 saturated carbocycles. The van der Waals surface area contributed by atoms with Crippen LogP contribution in [0.25, 0.3) is 0 Å². The highest BCUT2D eigenvalue weighted by atomic mass is 32.2. The standard InChI is InChI=1S/C24H32N2O5S/c1-5-30-22-16-21(26-11-13-29-14-12-26)23(31-6-2)15-20(22)25-24(27)17(3)32-19-9-7-18(28-4)8-10-19/h7-10,15-17H,5-6,11-14H2,1-4H3,(H,25,27). The maximum absolute atomic E-state index is 13.0. The highest BCUT2D eigenvalue weighted by Gasteiger charge is 2.22. The minimum Gasteiger partial charge on any atom is -0.497 e. The summed E-state index contributed by atoms with van der Waals surface area (Å²) in [5.74, 6) is 2.04. The van der Waals surface area contributed by atoms with E-state index in [-0.39, 0.29) is 11.2 Å². The smallest absolute Gasteiger partial charge is 0.237 e. The van der Waals surface area contributed by atoms with E-state index >= 15 is 0 Å². The van der Waals surface area contributed by atoms with Crippen LogP contribution in [-0.4, -0.2) is 57.8 Å². The van der Waals surface area contributed by atoms with Crippen LogP contribution >= 0.6 is 11.8 Å². The van der Waals surface area contributed by atoms with Crippen molar-refractivity contribution >= 4 is 29.0 Å². The molecule has 1 aliphatic heterocycles. The quantitative estimate of drug-likeness (QED) is 0.526. The highest BCUT2D eigenvalue weighted by Crippen LogP contribution is 2.39. The second-order valence-electron chi connectivity index (χ2n) is 7.21. The van der Waals surface area contributed by atoms with E-state index in [1.165, 1.54) is 11.8 Å². The molecular formula is C24H32N2O5S. The van der Waals surface area contributed by atoms with Crippen molar-refractivity contribution in [3.05, 3.63) is 36.4 Å². The summed E-state index contributed by atoms with van der Waals surface area (Å²) in [5, 5.41) is 2.74. The maximum Gasteiger partial charge on any atom is 0.237 e. The number of hydrogen-bond donors (Lipinski definition) is 1. The second kappa shape index (κ2) is 11.9. The molecule has 1 amide bonds. The first-order chi connectivity index (χ1) is 15.5. The minimum absolute atomic E-state index is 0.103. The SMILES string of the molecule is CCOc1cc(N2CCOCC2)c(OCC)cc1NC(=O)C(C)Sc1ccc(OC)cc1. The predicted molar refractivity (Wildman–Crippen MR) is 129 cm³/mol. The molecular weight excluding hydrogens is 428 g/mol. The second-order valence-corrected chi connectivity index (χ2v) is 8.62. The summed E-state index contributed by atoms with van der Waals surface area (Å²) >= 11 is 1.49. The van der Waals surface area contributed by atoms with Crippen molar-refractivity contribution in [1.82, 2.24) is 0 Å². The number of nitrogens with zero attached hydrogens (tertiary/aromatic N) is 1. The number of ether oxygens (including phenoxy) is 4. The van der Waals surface area contributed by atoms with Crippen molar-refractivity contribution < 1.29 is 23.7 Å². The third-order valence-corrected chi connectivity index (χ3v) is 6.12. The lowest BCUT2D eigenvalue weighted by molar-refractivity contribution is -0.115. The molecule has 1 heterocycles. The molecule has 1 saturated heterocycles. The minimum atomic E-state index is -0.299. The molecule has 1 N–H and O–H groups in total. The summed E-state index contributed by atoms with van der Waals surface area (Å²) in [6, 6.07) is 11.5. The first kappa shape index (κ1) is 24.1. The number of methoxy groups -OCH3 is 1. The number of thioether (sulfide) groups is 1. The Labute approximate surface area is 194 Å². The third-order valence-electron chi connectivity index (χ3n) is 5.01. The molecule has 0 spiro atoms. The summed E-state index contributed by atoms with van der Waals surface area (Å²) in [6.45, 7) is 9.71. The van der Waals surface area contributed by atoms with Crippen molar-refractivity contribution in [3.8, 4) is 17.2 Å². The first-order valence-corrected chi connectivity index (χ1v) is 11.8. The fourth-order valence-corrected chi connectivity index (χ4v) is 4.26. The Balaban J connectivity index is 1.79. The Morgan fingerprint density at radius 3 is 2.38 bits per heavy atom. The molecule has 8 heteroatoms. The van der Waals surface area contributed by atoms with E-state index in [4.69, 9.17) is 18.9 Å². The Bertz CT molecular complexity index is 885. The van der Waals surface area contributed by atoms with Gasteiger partial charge in [-0.25, -0.2) is 0 Å². The number of nitrogens with one attached hydrogen (secondary N) is 1. The molecule has 7 nitrogen and oxygen atoms in total. The number of rotatable bonds is 10. The van der Waals surface area contributed by atoms with Crippen molar-refractivity contribution in [2.45, 2.75) is 30.9 Å². The average molecular weight is 461 g/mol. The molecule has 1 unspecified atom stereocenters. The van der Waals surface area contributed by atoms with Gasteiger partial charge >= 0.3 is 0 Å². The van der Waals surface area contributed by atoms with Gasteiger partial charge in [0.15, 0.2) is 0 Å². The number of carbonyl (C=O) groups is 1. The van der Waals surface area contributed by atoms with E-state index in [1.807, 2.05) is 57.2 Å². The lowest BCUT2D eigenvalue weighted by Gasteiger charge is -2.31. The molecule has 32 heavy (non-hydrogen) atoms. The Hall–Kier alpha value is -2.58. The Morgan fingerprint density at radius 2 is 1.75 bits per heavy atom. The Kier molecular flexibility index (Phi) is 8.93. The van der Waals surface area contributed by atoms with Crippen LogP contribution in [-0.2, 0) is 9.53 Å². The summed E-state index contributed by atoms with van der Waals surface area (Å²) in [7, 11) is 1.63. The zero-order valence-electron chi connectivity index (χ0n) is 19.2. The van der Waals surface area contributed by atoms with Crippen molar-refractivity contribution in [3.63, 3.8) is 0 Å². The lowest BCUT2D eigenvalue weighted by atomic mass is 10.2. The first-order valence-electron chi connectivity index (χ1n) is 10.9. The van der Waals surface area contributed by atoms with Gasteiger partial charge < -0.3 is 29.2 Å². The number of anilines is 2. The largest absolute Gasteiger partial charge is 0.497 e. The molecule has 0 aromatic heterocycles. The van der Waals surface area contributed by atoms with Crippen LogP contribution in [0.2, 0.25) is 0 Å². The number of carbonyl (C=O) groups excluding carboxylic acids is 1. The van der Waals surface area contributed by atoms with Gasteiger partial charge in [-0.15, -0.1) is 11.8 Å². The summed E-state index contributed by atoms with van der Waals surface area (Å²) in [5.41, 5.74) is 1.57. The summed E-state index contributed by atoms with van der Waals surface area (Å²) in [4.78, 5) is 16.2. The molecule has 1 atom stereocenters. The molecule has 3 rings (SSSR count). The van der Waals surface area contributed by atoms with Crippen LogP contribution in [0.1, 0.15) is 20.8 Å². The number of hydrogen-bond acceptors (Lipinski definition) is 7. The topological polar surface area (TPSA) is 69.3 Å². The highest BCUT2D eigenvalue weighted by molar-refractivity contribution is 8.00. The zero-order chi connectivity index (χ0) is 22.9. The molecule has 0 aliphatic carbocycles. The van der Waals surface area contributed by atoms with E-state index in [2.05, 4.69) is 10.2 Å². The van der Waals surface area contributed by atoms with Gasteiger partial charge in [-0.2, -0.15) is 0 Å². The monoisotopic (exact) mass is 460 g/mol. The van der Waals surface area contributed by atoms with Gasteiger partial charge in [0, 0.05) is 30.1 Å². The fraction of sp³-hybridized carbons (Fsp3) is 0.458. The molecule has 1 aliphatic rings. The van der Waals surface area contributed by atoms with Gasteiger partial charge in [0.1, 0.15) is 17.2 Å². The van der Waals surface area contributed by atoms with E-state index in [1.54, 1.807) is 7.11 Å². The van der Waals surface area contributed by atoms with Crippen LogP contribution in [0.5, 0.6) is 17.2 Å². The molecule has 2 aromatic rings. The maximum atomic E-state index is 13.0. The van der Waals surface area contributed by atoms with Crippen molar-refractivity contribution in [2.75, 3.05) is 56.8 Å². The number of amides is 1. The van der Waals surface area contributed by atoms with Gasteiger partial charge in [-0.1, -0.05) is 0 Å². The molecule has 1 fully saturated rings. The van der Waals surface area contributed by atoms with Gasteiger partial charge in [0.05, 0.1) is 50.2 Å². The normalized spacial score (nSPS) is 14.6. The summed E-state index contributed by atoms with van der Waals surface area (Å²) in [6.07, 6.45) is 0. The third kappa shape index (κ3) is 6.23. The van der Waals surface area contributed by atoms with Crippen LogP contribution in [0, 0.1) is 0 Å². The van der Waals surface area contributed by atoms with E-state index in [0.717, 1.165) is 35.2 Å². The van der Waals surface area contributed by atoms with Crippen molar-refractivity contribution in [1.29, 1.82) is 0 Å². The molecule has 0 bridgehead atoms. The predicted octanol–water partition coefficient (Wildman–Crippen LogP) is 4.45. The molecule has 174 valence electrons. The van der Waals surface area contributed by atoms with E-state index in [0.29, 0.717) is 37.9 Å². The lowest BCUT2D eigenvalue weighted by Crippen LogP contribution is -2.36. The summed E-state index contributed by atoms with van der Waals surface area (Å²) < 4.78 is 22.5. The van der Waals surface area contributed by atoms with Crippen LogP contribution in [0.15, 0.2) is 41.3 Å². The van der Waals surface area contributed by atoms with Crippen molar-refractivity contribution in [2.24, 2.45) is 0 Å². The van der Waals surface area contributed by atoms with Gasteiger partial charge in [-0.05, 0) is 45.0 Å². The number of morpholine rings is 1. The molecule has 0 radical (unpaired) electrons. The van der Waals surface area contributed by atoms with E-state index < -0.39 is 0 Å². The Morgan fingerprint density at radius 1 is 1.09 bits per heavy atom. The molecule has 2 aromatic carbocycles. The zero-order valence-corrected chi connectivity index (χ0v) is 20.0. The van der Waals surface area contributed by atoms with Gasteiger partial charge in [0.25, 0.3) is 0 Å². The van der Waals surface area contributed by atoms with Crippen LogP contribution < -0.4 is 24.4 Å². The van der Waals surface area contributed by atoms with Gasteiger partial charge in [-0.3, -0.25) is 4.79 Å². The van der Waals surface area contributed by atoms with E-state index in [9.17, 15) is 4.79 Å². The fourth-order valence-electron chi connectivity index (χ4n) is 3.39. The average Bonchev–Trinajstić information content (AvgIpc) is 2.82.